The summed E-state index contributed by atoms with van der Waals surface area (Å²) in [7, 11) is -3.58. The van der Waals surface area contributed by atoms with Crippen LogP contribution in [0.15, 0.2) is 29.2 Å². The molecule has 1 aliphatic carbocycles. The molecule has 5 nitrogen and oxygen atoms in total. The molecule has 4 unspecified atom stereocenters. The largest absolute Gasteiger partial charge is 0.376 e. The maximum Gasteiger partial charge on any atom is 0.240 e. The van der Waals surface area contributed by atoms with E-state index in [4.69, 9.17) is 22.1 Å². The summed E-state index contributed by atoms with van der Waals surface area (Å²) >= 11 is 5.75. The zero-order chi connectivity index (χ0) is 13.6. The van der Waals surface area contributed by atoms with Crippen molar-refractivity contribution in [3.05, 3.63) is 29.3 Å². The number of nitrogens with two attached hydrogens (primary N) is 1. The van der Waals surface area contributed by atoms with Crippen molar-refractivity contribution in [2.24, 2.45) is 11.7 Å². The summed E-state index contributed by atoms with van der Waals surface area (Å²) in [6.07, 6.45) is 0.822. The minimum absolute atomic E-state index is 0.0860. The highest BCUT2D eigenvalue weighted by Crippen LogP contribution is 2.38. The maximum atomic E-state index is 12.2. The highest BCUT2D eigenvalue weighted by molar-refractivity contribution is 7.89. The first kappa shape index (κ1) is 13.3. The van der Waals surface area contributed by atoms with E-state index in [0.29, 0.717) is 11.6 Å². The third-order valence-electron chi connectivity index (χ3n) is 3.86. The average molecular weight is 303 g/mol. The maximum absolute atomic E-state index is 12.2. The first-order valence-corrected chi connectivity index (χ1v) is 8.00. The Morgan fingerprint density at radius 3 is 2.68 bits per heavy atom. The van der Waals surface area contributed by atoms with Crippen molar-refractivity contribution in [1.29, 1.82) is 0 Å². The summed E-state index contributed by atoms with van der Waals surface area (Å²) < 4.78 is 32.6. The molecule has 2 aliphatic rings. The van der Waals surface area contributed by atoms with E-state index in [2.05, 4.69) is 4.72 Å². The SMILES string of the molecule is NC1C2CCOC2C1NS(=O)(=O)c1ccc(Cl)cc1. The molecule has 0 aromatic heterocycles. The molecule has 1 saturated carbocycles. The van der Waals surface area contributed by atoms with Crippen LogP contribution in [-0.4, -0.2) is 33.2 Å². The van der Waals surface area contributed by atoms with Gasteiger partial charge in [-0.25, -0.2) is 13.1 Å². The molecular weight excluding hydrogens is 288 g/mol. The summed E-state index contributed by atoms with van der Waals surface area (Å²) in [4.78, 5) is 0.186. The molecule has 104 valence electrons. The van der Waals surface area contributed by atoms with Crippen molar-refractivity contribution in [3.63, 3.8) is 0 Å². The summed E-state index contributed by atoms with van der Waals surface area (Å²) in [5, 5.41) is 0.499. The van der Waals surface area contributed by atoms with E-state index in [-0.39, 0.29) is 29.0 Å². The molecule has 3 N–H and O–H groups in total. The topological polar surface area (TPSA) is 81.4 Å². The second kappa shape index (κ2) is 4.71. The van der Waals surface area contributed by atoms with Gasteiger partial charge in [0.15, 0.2) is 0 Å². The molecule has 1 aromatic carbocycles. The lowest BCUT2D eigenvalue weighted by atomic mass is 9.73. The van der Waals surface area contributed by atoms with Crippen LogP contribution in [0.4, 0.5) is 0 Å². The van der Waals surface area contributed by atoms with Crippen LogP contribution in [0.1, 0.15) is 6.42 Å². The Balaban J connectivity index is 1.77. The Morgan fingerprint density at radius 1 is 1.32 bits per heavy atom. The molecule has 0 radical (unpaired) electrons. The van der Waals surface area contributed by atoms with Gasteiger partial charge in [0.1, 0.15) is 0 Å². The van der Waals surface area contributed by atoms with Gasteiger partial charge in [0.05, 0.1) is 17.0 Å². The van der Waals surface area contributed by atoms with E-state index in [1.807, 2.05) is 0 Å². The van der Waals surface area contributed by atoms with E-state index >= 15 is 0 Å². The highest BCUT2D eigenvalue weighted by Gasteiger charge is 2.53. The molecule has 1 aromatic rings. The number of halogens is 1. The molecule has 7 heteroatoms. The molecular formula is C12H15ClN2O3S. The zero-order valence-corrected chi connectivity index (χ0v) is 11.7. The fourth-order valence-electron chi connectivity index (χ4n) is 2.76. The van der Waals surface area contributed by atoms with Gasteiger partial charge in [-0.2, -0.15) is 0 Å². The van der Waals surface area contributed by atoms with Gasteiger partial charge in [0.25, 0.3) is 0 Å². The smallest absolute Gasteiger partial charge is 0.240 e. The lowest BCUT2D eigenvalue weighted by molar-refractivity contribution is -0.00923. The second-order valence-electron chi connectivity index (χ2n) is 4.97. The number of hydrogen-bond acceptors (Lipinski definition) is 4. The van der Waals surface area contributed by atoms with Crippen LogP contribution in [0.25, 0.3) is 0 Å². The standard InChI is InChI=1S/C12H15ClN2O3S/c13-7-1-3-8(4-2-7)19(16,17)15-11-10(14)9-5-6-18-12(9)11/h1-4,9-12,15H,5-6,14H2. The quantitative estimate of drug-likeness (QED) is 0.862. The third-order valence-corrected chi connectivity index (χ3v) is 5.59. The molecule has 0 amide bonds. The molecule has 19 heavy (non-hydrogen) atoms. The van der Waals surface area contributed by atoms with Gasteiger partial charge < -0.3 is 10.5 Å². The lowest BCUT2D eigenvalue weighted by Gasteiger charge is -2.45. The van der Waals surface area contributed by atoms with Gasteiger partial charge in [-0.1, -0.05) is 11.6 Å². The highest BCUT2D eigenvalue weighted by atomic mass is 35.5. The summed E-state index contributed by atoms with van der Waals surface area (Å²) in [5.41, 5.74) is 5.99. The molecule has 4 atom stereocenters. The van der Waals surface area contributed by atoms with Crippen molar-refractivity contribution >= 4 is 21.6 Å². The van der Waals surface area contributed by atoms with E-state index in [9.17, 15) is 8.42 Å². The van der Waals surface area contributed by atoms with Gasteiger partial charge in [0.2, 0.25) is 10.0 Å². The number of ether oxygens (including phenoxy) is 1. The number of hydrogen-bond donors (Lipinski definition) is 2. The van der Waals surface area contributed by atoms with Crippen LogP contribution in [0.5, 0.6) is 0 Å². The molecule has 1 aliphatic heterocycles. The molecule has 3 rings (SSSR count). The number of nitrogens with one attached hydrogen (secondary N) is 1. The molecule has 2 fully saturated rings. The normalized spacial score (nSPS) is 33.8. The van der Waals surface area contributed by atoms with E-state index in [1.54, 1.807) is 12.1 Å². The van der Waals surface area contributed by atoms with Crippen LogP contribution in [0.3, 0.4) is 0 Å². The third kappa shape index (κ3) is 2.28. The predicted molar refractivity (Wildman–Crippen MR) is 71.4 cm³/mol. The fourth-order valence-corrected chi connectivity index (χ4v) is 4.16. The number of fused-ring (bicyclic) bond motifs is 1. The fraction of sp³-hybridized carbons (Fsp3) is 0.500. The Labute approximate surface area is 117 Å². The van der Waals surface area contributed by atoms with Crippen LogP contribution in [0, 0.1) is 5.92 Å². The van der Waals surface area contributed by atoms with Gasteiger partial charge in [-0.05, 0) is 30.7 Å². The Morgan fingerprint density at radius 2 is 2.00 bits per heavy atom. The van der Waals surface area contributed by atoms with E-state index in [1.165, 1.54) is 12.1 Å². The predicted octanol–water partition coefficient (Wildman–Crippen LogP) is 0.733. The minimum atomic E-state index is -3.58. The summed E-state index contributed by atoms with van der Waals surface area (Å²) in [5.74, 6) is 0.276. The molecule has 0 spiro atoms. The molecule has 1 heterocycles. The second-order valence-corrected chi connectivity index (χ2v) is 7.12. The van der Waals surface area contributed by atoms with Crippen molar-refractivity contribution < 1.29 is 13.2 Å². The van der Waals surface area contributed by atoms with Crippen molar-refractivity contribution in [3.8, 4) is 0 Å². The molecule has 0 bridgehead atoms. The Hall–Kier alpha value is -0.660. The first-order chi connectivity index (χ1) is 8.99. The van der Waals surface area contributed by atoms with Crippen molar-refractivity contribution in [1.82, 2.24) is 4.72 Å². The van der Waals surface area contributed by atoms with Crippen LogP contribution in [-0.2, 0) is 14.8 Å². The Kier molecular flexibility index (Phi) is 3.31. The van der Waals surface area contributed by atoms with Crippen LogP contribution in [0.2, 0.25) is 5.02 Å². The van der Waals surface area contributed by atoms with E-state index < -0.39 is 10.0 Å². The lowest BCUT2D eigenvalue weighted by Crippen LogP contribution is -2.68. The van der Waals surface area contributed by atoms with Gasteiger partial charge in [0, 0.05) is 23.6 Å². The number of rotatable bonds is 3. The summed E-state index contributed by atoms with van der Waals surface area (Å²) in [6, 6.07) is 5.53. The zero-order valence-electron chi connectivity index (χ0n) is 10.1. The van der Waals surface area contributed by atoms with Crippen molar-refractivity contribution in [2.75, 3.05) is 6.61 Å². The number of benzene rings is 1. The van der Waals surface area contributed by atoms with Gasteiger partial charge >= 0.3 is 0 Å². The Bertz CT molecular complexity index is 575. The first-order valence-electron chi connectivity index (χ1n) is 6.14. The monoisotopic (exact) mass is 302 g/mol. The van der Waals surface area contributed by atoms with Crippen LogP contribution < -0.4 is 10.5 Å². The summed E-state index contributed by atoms with van der Waals surface area (Å²) in [6.45, 7) is 0.655. The van der Waals surface area contributed by atoms with Crippen LogP contribution >= 0.6 is 11.6 Å². The molecule has 1 saturated heterocycles. The average Bonchev–Trinajstić information content (AvgIpc) is 2.81. The van der Waals surface area contributed by atoms with Crippen molar-refractivity contribution in [2.45, 2.75) is 29.5 Å². The van der Waals surface area contributed by atoms with Gasteiger partial charge in [-0.3, -0.25) is 0 Å². The van der Waals surface area contributed by atoms with E-state index in [0.717, 1.165) is 6.42 Å². The number of sulfonamides is 1. The van der Waals surface area contributed by atoms with Gasteiger partial charge in [-0.15, -0.1) is 0 Å². The minimum Gasteiger partial charge on any atom is -0.376 e.